The van der Waals surface area contributed by atoms with Crippen molar-refractivity contribution in [1.82, 2.24) is 9.59 Å². The fourth-order valence-corrected chi connectivity index (χ4v) is 1.76. The average Bonchev–Trinajstić information content (AvgIpc) is 2.68. The first-order valence-electron chi connectivity index (χ1n) is 4.39. The molecular formula is C10H9N3OS. The SMILES string of the molecule is Cc1snnc1/C(=N/O)c1ccccc1. The fourth-order valence-electron chi connectivity index (χ4n) is 1.29. The van der Waals surface area contributed by atoms with Gasteiger partial charge in [0.1, 0.15) is 11.4 Å². The number of nitrogens with zero attached hydrogens (tertiary/aromatic N) is 3. The van der Waals surface area contributed by atoms with Crippen LogP contribution in [0.4, 0.5) is 0 Å². The molecule has 0 unspecified atom stereocenters. The van der Waals surface area contributed by atoms with Gasteiger partial charge in [-0.1, -0.05) is 40.0 Å². The van der Waals surface area contributed by atoms with Crippen molar-refractivity contribution in [3.05, 3.63) is 46.5 Å². The molecule has 0 saturated heterocycles. The Hall–Kier alpha value is -1.75. The second kappa shape index (κ2) is 4.18. The smallest absolute Gasteiger partial charge is 0.138 e. The second-order valence-corrected chi connectivity index (χ2v) is 3.95. The van der Waals surface area contributed by atoms with Crippen molar-refractivity contribution in [2.24, 2.45) is 5.16 Å². The zero-order valence-electron chi connectivity index (χ0n) is 8.08. The molecule has 0 saturated carbocycles. The van der Waals surface area contributed by atoms with Crippen LogP contribution < -0.4 is 0 Å². The Labute approximate surface area is 91.1 Å². The van der Waals surface area contributed by atoms with E-state index in [1.54, 1.807) is 0 Å². The first-order valence-corrected chi connectivity index (χ1v) is 5.17. The number of aromatic nitrogens is 2. The molecule has 1 aromatic heterocycles. The van der Waals surface area contributed by atoms with Crippen LogP contribution in [0.2, 0.25) is 0 Å². The van der Waals surface area contributed by atoms with Gasteiger partial charge in [-0.15, -0.1) is 5.10 Å². The summed E-state index contributed by atoms with van der Waals surface area (Å²) in [4.78, 5) is 0.937. The monoisotopic (exact) mass is 219 g/mol. The molecule has 2 aromatic rings. The van der Waals surface area contributed by atoms with Gasteiger partial charge in [0.2, 0.25) is 0 Å². The molecule has 2 rings (SSSR count). The van der Waals surface area contributed by atoms with Crippen molar-refractivity contribution in [3.63, 3.8) is 0 Å². The lowest BCUT2D eigenvalue weighted by atomic mass is 10.1. The number of hydrogen-bond donors (Lipinski definition) is 1. The quantitative estimate of drug-likeness (QED) is 0.478. The maximum Gasteiger partial charge on any atom is 0.138 e. The van der Waals surface area contributed by atoms with Crippen molar-refractivity contribution < 1.29 is 5.21 Å². The van der Waals surface area contributed by atoms with Crippen LogP contribution in [-0.4, -0.2) is 20.5 Å². The zero-order chi connectivity index (χ0) is 10.7. The summed E-state index contributed by atoms with van der Waals surface area (Å²) in [5.74, 6) is 0. The third-order valence-corrected chi connectivity index (χ3v) is 2.65. The second-order valence-electron chi connectivity index (χ2n) is 2.99. The third-order valence-electron chi connectivity index (χ3n) is 2.02. The van der Waals surface area contributed by atoms with E-state index in [-0.39, 0.29) is 0 Å². The molecule has 0 atom stereocenters. The number of hydrogen-bond acceptors (Lipinski definition) is 5. The highest BCUT2D eigenvalue weighted by Crippen LogP contribution is 2.14. The molecule has 0 amide bonds. The van der Waals surface area contributed by atoms with Crippen molar-refractivity contribution in [1.29, 1.82) is 0 Å². The highest BCUT2D eigenvalue weighted by Gasteiger charge is 2.13. The molecule has 0 bridgehead atoms. The van der Waals surface area contributed by atoms with Crippen LogP contribution in [0, 0.1) is 6.92 Å². The van der Waals surface area contributed by atoms with Crippen LogP contribution in [0.3, 0.4) is 0 Å². The molecule has 5 heteroatoms. The van der Waals surface area contributed by atoms with E-state index in [9.17, 15) is 0 Å². The molecule has 0 aliphatic heterocycles. The van der Waals surface area contributed by atoms with Crippen LogP contribution in [-0.2, 0) is 0 Å². The standard InChI is InChI=1S/C10H9N3OS/c1-7-9(11-13-15-7)10(12-14)8-5-3-2-4-6-8/h2-6,14H,1H3/b12-10+. The Kier molecular flexibility index (Phi) is 2.73. The maximum absolute atomic E-state index is 9.00. The number of aryl methyl sites for hydroxylation is 1. The molecule has 0 aliphatic rings. The summed E-state index contributed by atoms with van der Waals surface area (Å²) in [5.41, 5.74) is 1.92. The van der Waals surface area contributed by atoms with Gasteiger partial charge in [-0.3, -0.25) is 0 Å². The van der Waals surface area contributed by atoms with E-state index >= 15 is 0 Å². The van der Waals surface area contributed by atoms with Gasteiger partial charge in [0.05, 0.1) is 4.88 Å². The summed E-state index contributed by atoms with van der Waals surface area (Å²) in [6.45, 7) is 1.90. The van der Waals surface area contributed by atoms with Crippen molar-refractivity contribution in [2.75, 3.05) is 0 Å². The highest BCUT2D eigenvalue weighted by molar-refractivity contribution is 7.05. The summed E-state index contributed by atoms with van der Waals surface area (Å²) >= 11 is 1.29. The van der Waals surface area contributed by atoms with Gasteiger partial charge in [-0.25, -0.2) is 0 Å². The zero-order valence-corrected chi connectivity index (χ0v) is 8.90. The lowest BCUT2D eigenvalue weighted by Gasteiger charge is -2.00. The van der Waals surface area contributed by atoms with Crippen molar-refractivity contribution in [3.8, 4) is 0 Å². The van der Waals surface area contributed by atoms with E-state index in [1.807, 2.05) is 37.3 Å². The van der Waals surface area contributed by atoms with E-state index in [2.05, 4.69) is 14.7 Å². The Balaban J connectivity index is 2.48. The molecule has 0 radical (unpaired) electrons. The van der Waals surface area contributed by atoms with Gasteiger partial charge in [0.25, 0.3) is 0 Å². The minimum Gasteiger partial charge on any atom is -0.410 e. The molecule has 4 nitrogen and oxygen atoms in total. The molecule has 76 valence electrons. The normalized spacial score (nSPS) is 11.7. The Morgan fingerprint density at radius 2 is 2.07 bits per heavy atom. The first kappa shape index (κ1) is 9.79. The van der Waals surface area contributed by atoms with Crippen LogP contribution in [0.25, 0.3) is 0 Å². The number of rotatable bonds is 2. The number of oxime groups is 1. The lowest BCUT2D eigenvalue weighted by Crippen LogP contribution is -2.05. The van der Waals surface area contributed by atoms with E-state index < -0.39 is 0 Å². The van der Waals surface area contributed by atoms with Crippen LogP contribution in [0.1, 0.15) is 16.1 Å². The Morgan fingerprint density at radius 1 is 1.33 bits per heavy atom. The molecular weight excluding hydrogens is 210 g/mol. The summed E-state index contributed by atoms with van der Waals surface area (Å²) in [6.07, 6.45) is 0. The minimum absolute atomic E-state index is 0.460. The predicted octanol–water partition coefficient (Wildman–Crippen LogP) is 2.07. The van der Waals surface area contributed by atoms with Gasteiger partial charge in [0, 0.05) is 5.56 Å². The van der Waals surface area contributed by atoms with E-state index in [1.165, 1.54) is 11.5 Å². The van der Waals surface area contributed by atoms with Crippen molar-refractivity contribution >= 4 is 17.2 Å². The van der Waals surface area contributed by atoms with Crippen LogP contribution in [0.5, 0.6) is 0 Å². The molecule has 1 N–H and O–H groups in total. The average molecular weight is 219 g/mol. The van der Waals surface area contributed by atoms with Gasteiger partial charge < -0.3 is 5.21 Å². The Morgan fingerprint density at radius 3 is 2.60 bits per heavy atom. The van der Waals surface area contributed by atoms with E-state index in [0.717, 1.165) is 10.4 Å². The first-order chi connectivity index (χ1) is 7.33. The number of benzene rings is 1. The summed E-state index contributed by atoms with van der Waals surface area (Å²) in [7, 11) is 0. The van der Waals surface area contributed by atoms with Gasteiger partial charge in [-0.2, -0.15) is 0 Å². The van der Waals surface area contributed by atoms with Gasteiger partial charge in [0.15, 0.2) is 0 Å². The van der Waals surface area contributed by atoms with Crippen LogP contribution >= 0.6 is 11.5 Å². The molecule has 1 heterocycles. The summed E-state index contributed by atoms with van der Waals surface area (Å²) in [6, 6.07) is 9.41. The largest absolute Gasteiger partial charge is 0.410 e. The fraction of sp³-hybridized carbons (Fsp3) is 0.100. The maximum atomic E-state index is 9.00. The Bertz CT molecular complexity index is 478. The lowest BCUT2D eigenvalue weighted by molar-refractivity contribution is 0.319. The highest BCUT2D eigenvalue weighted by atomic mass is 32.1. The third kappa shape index (κ3) is 1.87. The van der Waals surface area contributed by atoms with Gasteiger partial charge in [-0.05, 0) is 18.5 Å². The molecule has 0 aliphatic carbocycles. The predicted molar refractivity (Wildman–Crippen MR) is 58.5 cm³/mol. The topological polar surface area (TPSA) is 58.4 Å². The van der Waals surface area contributed by atoms with Crippen LogP contribution in [0.15, 0.2) is 35.5 Å². The summed E-state index contributed by atoms with van der Waals surface area (Å²) < 4.78 is 3.82. The molecule has 1 aromatic carbocycles. The van der Waals surface area contributed by atoms with Crippen molar-refractivity contribution in [2.45, 2.75) is 6.92 Å². The molecule has 0 spiro atoms. The molecule has 15 heavy (non-hydrogen) atoms. The minimum atomic E-state index is 0.460. The van der Waals surface area contributed by atoms with Gasteiger partial charge >= 0.3 is 0 Å². The molecule has 0 fully saturated rings. The summed E-state index contributed by atoms with van der Waals surface area (Å²) in [5, 5.41) is 16.2. The van der Waals surface area contributed by atoms with E-state index in [0.29, 0.717) is 11.4 Å². The van der Waals surface area contributed by atoms with E-state index in [4.69, 9.17) is 5.21 Å².